The van der Waals surface area contributed by atoms with Gasteiger partial charge in [0.05, 0.1) is 72.5 Å². The van der Waals surface area contributed by atoms with Crippen LogP contribution in [0.25, 0.3) is 0 Å². The highest BCUT2D eigenvalue weighted by Gasteiger charge is 2.48. The van der Waals surface area contributed by atoms with E-state index in [9.17, 15) is 149 Å². The van der Waals surface area contributed by atoms with E-state index in [1.807, 2.05) is 0 Å². The van der Waals surface area contributed by atoms with E-state index >= 15 is 0 Å². The molecular formula is C82H141N13O39. The van der Waals surface area contributed by atoms with Crippen molar-refractivity contribution >= 4 is 82.8 Å². The van der Waals surface area contributed by atoms with Crippen LogP contribution >= 0.6 is 0 Å². The van der Waals surface area contributed by atoms with Crippen molar-refractivity contribution in [1.82, 2.24) is 68.4 Å². The molecule has 0 unspecified atom stereocenters. The monoisotopic (exact) mass is 1930 g/mol. The summed E-state index contributed by atoms with van der Waals surface area (Å²) in [6.07, 6.45) is -26.3. The molecule has 0 aromatic carbocycles. The third-order valence-electron chi connectivity index (χ3n) is 22.1. The van der Waals surface area contributed by atoms with Crippen LogP contribution in [0.1, 0.15) is 167 Å². The molecule has 5 heterocycles. The Hall–Kier alpha value is -8.22. The van der Waals surface area contributed by atoms with E-state index < -0.39 is 252 Å². The quantitative estimate of drug-likeness (QED) is 0.0199. The van der Waals surface area contributed by atoms with Gasteiger partial charge in [-0.25, -0.2) is 4.79 Å². The Morgan fingerprint density at radius 3 is 0.828 bits per heavy atom. The summed E-state index contributed by atoms with van der Waals surface area (Å²) in [5.74, 6) is -8.96. The van der Waals surface area contributed by atoms with Crippen LogP contribution in [0.2, 0.25) is 0 Å². The first-order valence-corrected chi connectivity index (χ1v) is 45.6. The maximum absolute atomic E-state index is 14.4. The Morgan fingerprint density at radius 1 is 0.299 bits per heavy atom. The summed E-state index contributed by atoms with van der Waals surface area (Å²) in [5, 5.41) is 189. The van der Waals surface area contributed by atoms with Crippen LogP contribution in [0.5, 0.6) is 0 Å². The van der Waals surface area contributed by atoms with E-state index in [1.165, 1.54) is 0 Å². The Morgan fingerprint density at radius 2 is 0.545 bits per heavy atom. The lowest BCUT2D eigenvalue weighted by molar-refractivity contribution is -0.300. The van der Waals surface area contributed by atoms with Gasteiger partial charge >= 0.3 is 5.97 Å². The van der Waals surface area contributed by atoms with Crippen molar-refractivity contribution in [3.63, 3.8) is 0 Å². The molecule has 0 bridgehead atoms. The molecule has 27 N–H and O–H groups in total. The van der Waals surface area contributed by atoms with Crippen molar-refractivity contribution in [2.24, 2.45) is 0 Å². The summed E-state index contributed by atoms with van der Waals surface area (Å²) in [6, 6.07) is -2.91. The Bertz CT molecular complexity index is 3370. The molecule has 0 aliphatic carbocycles. The number of rotatable bonds is 67. The number of amides is 13. The van der Waals surface area contributed by atoms with Gasteiger partial charge in [-0.2, -0.15) is 0 Å². The fraction of sp³-hybridized carbons (Fsp3) is 0.829. The molecule has 52 heteroatoms. The summed E-state index contributed by atoms with van der Waals surface area (Å²) < 4.78 is 42.8. The highest BCUT2D eigenvalue weighted by Crippen LogP contribution is 2.27. The second kappa shape index (κ2) is 64.8. The lowest BCUT2D eigenvalue weighted by Crippen LogP contribution is -2.59. The van der Waals surface area contributed by atoms with Crippen LogP contribution in [-0.4, -0.2) is 441 Å². The van der Waals surface area contributed by atoms with Gasteiger partial charge in [0.1, 0.15) is 110 Å². The van der Waals surface area contributed by atoms with Crippen LogP contribution in [0.3, 0.4) is 0 Å². The van der Waals surface area contributed by atoms with Crippen molar-refractivity contribution < 1.29 is 192 Å². The first kappa shape index (κ1) is 116. The van der Waals surface area contributed by atoms with Crippen molar-refractivity contribution in [1.29, 1.82) is 0 Å². The number of hydrogen-bond acceptors (Lipinski definition) is 40. The molecule has 22 atom stereocenters. The van der Waals surface area contributed by atoms with E-state index in [0.717, 1.165) is 4.90 Å². The predicted octanol–water partition coefficient (Wildman–Crippen LogP) is -12.5. The first-order valence-electron chi connectivity index (χ1n) is 45.6. The maximum atomic E-state index is 14.4. The second-order valence-corrected chi connectivity index (χ2v) is 32.9. The van der Waals surface area contributed by atoms with Gasteiger partial charge in [-0.15, -0.1) is 5.06 Å². The molecule has 5 aliphatic rings. The average Bonchev–Trinajstić information content (AvgIpc) is 0.924. The number of ether oxygens (including phenoxy) is 8. The molecule has 0 saturated carbocycles. The standard InChI is InChI=1S/C82H141N13O39/c96-43-49-65(112)69(116)73(120)79(130-49)126-36-32-86-53(100)16-6-1-11-27-83-57(104)23-21-47(77(124)90-30-14-3-8-18-55(102)88-34-38-128-81-75(122)71(118)67(114)51(45-98)132-81)92-60(107)41-94(40-59(106)85-29-13-5-10-20-64(111)134-95-62(109)25-26-63(95)110)42-61(108)93-48(78(125)91-31-15-4-9-19-56(103)89-35-39-129-82-76(123)72(119)68(115)52(46-99)133-82)22-24-58(105)84-28-12-2-7-17-54(101)87-33-37-127-80-74(121)70(117)66(113)50(44-97)131-80/h47-52,65-76,79-82,96-99,112-123H,1-46H2,(H,83,104)(H,84,105)(H,85,106)(H,86,100)(H,87,101)(H,88,102)(H,89,103)(H,90,124)(H,91,125)(H,92,107)(H,93,108)/t47-,48-,49+,50+,51+,52+,65+,66+,67+,68+,69-,70-,71-,72-,73-,74-,75-,76-,79-,80-,81-,82-/m0/s1. The minimum absolute atomic E-state index is 0.00299. The molecule has 5 fully saturated rings. The van der Waals surface area contributed by atoms with Crippen molar-refractivity contribution in [3.05, 3.63) is 0 Å². The number of hydroxylamine groups is 2. The smallest absolute Gasteiger partial charge is 0.333 e. The molecule has 5 rings (SSSR count). The molecule has 5 saturated heterocycles. The van der Waals surface area contributed by atoms with E-state index in [-0.39, 0.29) is 181 Å². The van der Waals surface area contributed by atoms with Gasteiger partial charge in [0, 0.05) is 117 Å². The summed E-state index contributed by atoms with van der Waals surface area (Å²) in [7, 11) is 0. The number of nitrogens with one attached hydrogen (secondary N) is 11. The molecule has 0 radical (unpaired) electrons. The summed E-state index contributed by atoms with van der Waals surface area (Å²) >= 11 is 0. The van der Waals surface area contributed by atoms with Gasteiger partial charge in [0.25, 0.3) is 11.8 Å². The minimum atomic E-state index is -1.67. The van der Waals surface area contributed by atoms with Gasteiger partial charge in [-0.1, -0.05) is 32.1 Å². The maximum Gasteiger partial charge on any atom is 0.333 e. The molecule has 134 heavy (non-hydrogen) atoms. The summed E-state index contributed by atoms with van der Waals surface area (Å²) in [6.45, 7) is -5.57. The summed E-state index contributed by atoms with van der Waals surface area (Å²) in [5.41, 5.74) is 0. The fourth-order valence-electron chi connectivity index (χ4n) is 14.3. The number of aliphatic hydroxyl groups excluding tert-OH is 16. The zero-order chi connectivity index (χ0) is 98.6. The lowest BCUT2D eigenvalue weighted by Gasteiger charge is -2.39. The van der Waals surface area contributed by atoms with Gasteiger partial charge in [-0.05, 0) is 77.0 Å². The largest absolute Gasteiger partial charge is 0.394 e. The van der Waals surface area contributed by atoms with Crippen LogP contribution < -0.4 is 58.5 Å². The van der Waals surface area contributed by atoms with E-state index in [2.05, 4.69) is 58.5 Å². The third kappa shape index (κ3) is 43.2. The van der Waals surface area contributed by atoms with Gasteiger partial charge < -0.3 is 183 Å². The highest BCUT2D eigenvalue weighted by molar-refractivity contribution is 6.01. The predicted molar refractivity (Wildman–Crippen MR) is 454 cm³/mol. The number of aliphatic hydroxyl groups is 16. The Kier molecular flexibility index (Phi) is 56.2. The molecule has 0 spiro atoms. The van der Waals surface area contributed by atoms with Crippen LogP contribution in [0, 0.1) is 0 Å². The topological polar surface area (TPSA) is 785 Å². The van der Waals surface area contributed by atoms with E-state index in [4.69, 9.17) is 42.7 Å². The fourth-order valence-corrected chi connectivity index (χ4v) is 14.3. The van der Waals surface area contributed by atoms with E-state index in [0.29, 0.717) is 88.5 Å². The van der Waals surface area contributed by atoms with Gasteiger partial charge in [0.15, 0.2) is 25.2 Å². The van der Waals surface area contributed by atoms with Crippen LogP contribution in [0.15, 0.2) is 0 Å². The van der Waals surface area contributed by atoms with Crippen molar-refractivity contribution in [2.75, 3.05) is 131 Å². The molecule has 0 aromatic heterocycles. The first-order chi connectivity index (χ1) is 64.1. The Balaban J connectivity index is 1.23. The van der Waals surface area contributed by atoms with E-state index in [1.54, 1.807) is 0 Å². The van der Waals surface area contributed by atoms with Gasteiger partial charge in [0.2, 0.25) is 65.0 Å². The molecule has 13 amide bonds. The third-order valence-corrected chi connectivity index (χ3v) is 22.1. The molecule has 0 aromatic rings. The molecule has 52 nitrogen and oxygen atoms in total. The Labute approximate surface area is 773 Å². The van der Waals surface area contributed by atoms with Crippen molar-refractivity contribution in [2.45, 2.75) is 302 Å². The lowest BCUT2D eigenvalue weighted by atomic mass is 9.99. The second-order valence-electron chi connectivity index (χ2n) is 32.9. The number of unbranched alkanes of at least 4 members (excludes halogenated alkanes) is 10. The zero-order valence-electron chi connectivity index (χ0n) is 75.2. The number of nitrogens with zero attached hydrogens (tertiary/aromatic N) is 2. The number of carbonyl (C=O) groups is 14. The molecule has 768 valence electrons. The number of carbonyl (C=O) groups excluding carboxylic acids is 14. The molecule has 5 aliphatic heterocycles. The number of hydrogen-bond donors (Lipinski definition) is 27. The SMILES string of the molecule is O=C(CCCCCNC(=O)CC[C@H](NC(=O)CN(CC(=O)NCCCCCC(=O)ON1C(=O)CCC1=O)CC(=O)N[C@@H](CCC(=O)NCCCCCC(=O)NCCO[C@H]1O[C@H](CO)[C@@H](O)[C@H](O)[C@@H]1O)C(=O)NCCCCCC(=O)NCCO[C@H]1O[C@H](CO)[C@@H](O)[C@H](O)[C@@H]1O)C(=O)NCCCCCC(=O)NCCO[C@H]1O[C@H](CO)[C@@H](O)[C@H](O)[C@@H]1O)NCCO[C@H]1O[C@H](CO)[C@@H](O)[C@H](O)[C@@H]1O. The zero-order valence-corrected chi connectivity index (χ0v) is 75.2. The van der Waals surface area contributed by atoms with Crippen LogP contribution in [0.4, 0.5) is 0 Å². The summed E-state index contributed by atoms with van der Waals surface area (Å²) in [4.78, 5) is 191. The number of imide groups is 1. The van der Waals surface area contributed by atoms with Crippen LogP contribution in [-0.2, 0) is 110 Å². The minimum Gasteiger partial charge on any atom is -0.394 e. The average molecular weight is 1930 g/mol. The van der Waals surface area contributed by atoms with Gasteiger partial charge in [-0.3, -0.25) is 67.2 Å². The van der Waals surface area contributed by atoms with Crippen molar-refractivity contribution in [3.8, 4) is 0 Å². The molecular weight excluding hydrogens is 1790 g/mol. The highest BCUT2D eigenvalue weighted by atomic mass is 16.7. The normalized spacial score (nSPS) is 26.2.